The fourth-order valence-corrected chi connectivity index (χ4v) is 2.40. The van der Waals surface area contributed by atoms with Crippen LogP contribution in [0.1, 0.15) is 18.4 Å². The molecule has 1 heterocycles. The summed E-state index contributed by atoms with van der Waals surface area (Å²) in [6.07, 6.45) is 1.10. The molecule has 21 heavy (non-hydrogen) atoms. The number of aliphatic hydroxyl groups excluding tert-OH is 1. The first-order valence-electron chi connectivity index (χ1n) is 7.38. The molecular weight excluding hydrogens is 270 g/mol. The summed E-state index contributed by atoms with van der Waals surface area (Å²) in [5, 5.41) is 9.26. The molecule has 0 aliphatic carbocycles. The number of benzene rings is 1. The van der Waals surface area contributed by atoms with Crippen molar-refractivity contribution in [3.8, 4) is 5.75 Å². The van der Waals surface area contributed by atoms with E-state index in [0.29, 0.717) is 39.2 Å². The van der Waals surface area contributed by atoms with E-state index in [0.717, 1.165) is 11.3 Å². The Balaban J connectivity index is 1.71. The van der Waals surface area contributed by atoms with Crippen LogP contribution in [0.25, 0.3) is 0 Å². The van der Waals surface area contributed by atoms with Crippen LogP contribution in [0.5, 0.6) is 5.75 Å². The number of aryl methyl sites for hydroxylation is 1. The Bertz CT molecular complexity index is 463. The van der Waals surface area contributed by atoms with E-state index >= 15 is 0 Å². The van der Waals surface area contributed by atoms with E-state index in [-0.39, 0.29) is 18.6 Å². The highest BCUT2D eigenvalue weighted by atomic mass is 16.5. The maximum Gasteiger partial charge on any atom is 0.223 e. The van der Waals surface area contributed by atoms with Gasteiger partial charge in [-0.2, -0.15) is 0 Å². The molecule has 0 aromatic heterocycles. The first-order chi connectivity index (χ1) is 10.2. The van der Waals surface area contributed by atoms with E-state index in [4.69, 9.17) is 9.47 Å². The standard InChI is InChI=1S/C16H23NO4/c1-13-4-2-5-15(10-13)21-8-3-6-16(19)17-7-9-20-12-14(17)11-18/h2,4-5,10,14,18H,3,6-9,11-12H2,1H3. The van der Waals surface area contributed by atoms with Crippen LogP contribution in [-0.2, 0) is 9.53 Å². The van der Waals surface area contributed by atoms with Crippen molar-refractivity contribution < 1.29 is 19.4 Å². The molecular formula is C16H23NO4. The number of rotatable bonds is 6. The maximum atomic E-state index is 12.1. The van der Waals surface area contributed by atoms with Crippen LogP contribution < -0.4 is 4.74 Å². The van der Waals surface area contributed by atoms with Gasteiger partial charge in [-0.15, -0.1) is 0 Å². The topological polar surface area (TPSA) is 59.0 Å². The molecule has 1 aliphatic rings. The number of hydrogen-bond acceptors (Lipinski definition) is 4. The Morgan fingerprint density at radius 1 is 1.52 bits per heavy atom. The lowest BCUT2D eigenvalue weighted by Crippen LogP contribution is -2.50. The molecule has 0 spiro atoms. The molecule has 1 saturated heterocycles. The normalized spacial score (nSPS) is 18.6. The number of carbonyl (C=O) groups excluding carboxylic acids is 1. The molecule has 1 N–H and O–H groups in total. The van der Waals surface area contributed by atoms with Gasteiger partial charge in [0.2, 0.25) is 5.91 Å². The summed E-state index contributed by atoms with van der Waals surface area (Å²) in [7, 11) is 0. The van der Waals surface area contributed by atoms with Gasteiger partial charge in [-0.05, 0) is 31.0 Å². The Morgan fingerprint density at radius 3 is 3.14 bits per heavy atom. The third-order valence-electron chi connectivity index (χ3n) is 3.55. The molecule has 116 valence electrons. The van der Waals surface area contributed by atoms with Crippen molar-refractivity contribution in [2.45, 2.75) is 25.8 Å². The van der Waals surface area contributed by atoms with Gasteiger partial charge in [0.25, 0.3) is 0 Å². The van der Waals surface area contributed by atoms with Crippen LogP contribution in [0.4, 0.5) is 0 Å². The molecule has 1 aromatic rings. The molecule has 1 unspecified atom stereocenters. The molecule has 1 atom stereocenters. The zero-order valence-corrected chi connectivity index (χ0v) is 12.5. The van der Waals surface area contributed by atoms with Crippen molar-refractivity contribution in [3.63, 3.8) is 0 Å². The minimum absolute atomic E-state index is 0.0501. The number of morpholine rings is 1. The second-order valence-corrected chi connectivity index (χ2v) is 5.27. The van der Waals surface area contributed by atoms with Gasteiger partial charge in [-0.3, -0.25) is 4.79 Å². The Kier molecular flexibility index (Phi) is 6.02. The van der Waals surface area contributed by atoms with E-state index in [1.807, 2.05) is 31.2 Å². The van der Waals surface area contributed by atoms with E-state index in [1.165, 1.54) is 0 Å². The second-order valence-electron chi connectivity index (χ2n) is 5.27. The lowest BCUT2D eigenvalue weighted by molar-refractivity contribution is -0.141. The first kappa shape index (κ1) is 15.8. The molecule has 5 nitrogen and oxygen atoms in total. The van der Waals surface area contributed by atoms with Gasteiger partial charge < -0.3 is 19.5 Å². The zero-order valence-electron chi connectivity index (χ0n) is 12.5. The summed E-state index contributed by atoms with van der Waals surface area (Å²) < 4.78 is 10.9. The van der Waals surface area contributed by atoms with Gasteiger partial charge in [-0.1, -0.05) is 12.1 Å². The van der Waals surface area contributed by atoms with E-state index in [1.54, 1.807) is 4.90 Å². The van der Waals surface area contributed by atoms with E-state index < -0.39 is 0 Å². The zero-order chi connectivity index (χ0) is 15.1. The molecule has 0 saturated carbocycles. The van der Waals surface area contributed by atoms with Crippen molar-refractivity contribution in [1.82, 2.24) is 4.90 Å². The van der Waals surface area contributed by atoms with E-state index in [2.05, 4.69) is 0 Å². The monoisotopic (exact) mass is 293 g/mol. The molecule has 1 aliphatic heterocycles. The summed E-state index contributed by atoms with van der Waals surface area (Å²) in [6, 6.07) is 7.66. The largest absolute Gasteiger partial charge is 0.494 e. The highest BCUT2D eigenvalue weighted by molar-refractivity contribution is 5.76. The van der Waals surface area contributed by atoms with Crippen molar-refractivity contribution in [1.29, 1.82) is 0 Å². The third-order valence-corrected chi connectivity index (χ3v) is 3.55. The van der Waals surface area contributed by atoms with Gasteiger partial charge in [0.1, 0.15) is 5.75 Å². The number of amides is 1. The van der Waals surface area contributed by atoms with Crippen LogP contribution in [0.15, 0.2) is 24.3 Å². The number of ether oxygens (including phenoxy) is 2. The number of hydrogen-bond donors (Lipinski definition) is 1. The van der Waals surface area contributed by atoms with Crippen LogP contribution >= 0.6 is 0 Å². The van der Waals surface area contributed by atoms with Crippen molar-refractivity contribution in [3.05, 3.63) is 29.8 Å². The quantitative estimate of drug-likeness (QED) is 0.805. The predicted octanol–water partition coefficient (Wildman–Crippen LogP) is 1.37. The fourth-order valence-electron chi connectivity index (χ4n) is 2.40. The molecule has 1 fully saturated rings. The van der Waals surface area contributed by atoms with Gasteiger partial charge in [0.05, 0.1) is 32.5 Å². The molecule has 1 amide bonds. The summed E-state index contributed by atoms with van der Waals surface area (Å²) >= 11 is 0. The summed E-state index contributed by atoms with van der Waals surface area (Å²) in [4.78, 5) is 13.9. The van der Waals surface area contributed by atoms with Crippen LogP contribution in [0, 0.1) is 6.92 Å². The van der Waals surface area contributed by atoms with Crippen molar-refractivity contribution >= 4 is 5.91 Å². The van der Waals surface area contributed by atoms with Gasteiger partial charge in [0.15, 0.2) is 0 Å². The molecule has 0 radical (unpaired) electrons. The Hall–Kier alpha value is -1.59. The van der Waals surface area contributed by atoms with Gasteiger partial charge in [-0.25, -0.2) is 0 Å². The average Bonchev–Trinajstić information content (AvgIpc) is 2.51. The van der Waals surface area contributed by atoms with Crippen LogP contribution in [0.2, 0.25) is 0 Å². The molecule has 5 heteroatoms. The Morgan fingerprint density at radius 2 is 2.38 bits per heavy atom. The average molecular weight is 293 g/mol. The minimum atomic E-state index is -0.205. The highest BCUT2D eigenvalue weighted by Crippen LogP contribution is 2.13. The lowest BCUT2D eigenvalue weighted by Gasteiger charge is -2.34. The maximum absolute atomic E-state index is 12.1. The number of nitrogens with zero attached hydrogens (tertiary/aromatic N) is 1. The van der Waals surface area contributed by atoms with Crippen LogP contribution in [-0.4, -0.2) is 54.9 Å². The Labute approximate surface area is 125 Å². The minimum Gasteiger partial charge on any atom is -0.494 e. The summed E-state index contributed by atoms with van der Waals surface area (Å²) in [5.41, 5.74) is 1.16. The fraction of sp³-hybridized carbons (Fsp3) is 0.562. The number of carbonyl (C=O) groups is 1. The summed E-state index contributed by atoms with van der Waals surface area (Å²) in [5.74, 6) is 0.896. The van der Waals surface area contributed by atoms with Gasteiger partial charge >= 0.3 is 0 Å². The SMILES string of the molecule is Cc1cccc(OCCCC(=O)N2CCOCC2CO)c1. The molecule has 0 bridgehead atoms. The first-order valence-corrected chi connectivity index (χ1v) is 7.38. The third kappa shape index (κ3) is 4.72. The van der Waals surface area contributed by atoms with Crippen LogP contribution in [0.3, 0.4) is 0 Å². The molecule has 2 rings (SSSR count). The van der Waals surface area contributed by atoms with Gasteiger partial charge in [0, 0.05) is 13.0 Å². The summed E-state index contributed by atoms with van der Waals surface area (Å²) in [6.45, 7) is 4.01. The highest BCUT2D eigenvalue weighted by Gasteiger charge is 2.26. The van der Waals surface area contributed by atoms with Crippen molar-refractivity contribution in [2.24, 2.45) is 0 Å². The second kappa shape index (κ2) is 8.00. The predicted molar refractivity (Wildman–Crippen MR) is 79.3 cm³/mol. The van der Waals surface area contributed by atoms with Crippen molar-refractivity contribution in [2.75, 3.05) is 33.0 Å². The number of aliphatic hydroxyl groups is 1. The van der Waals surface area contributed by atoms with E-state index in [9.17, 15) is 9.90 Å². The molecule has 1 aromatic carbocycles. The smallest absolute Gasteiger partial charge is 0.223 e. The lowest BCUT2D eigenvalue weighted by atomic mass is 10.2.